The lowest BCUT2D eigenvalue weighted by atomic mass is 9.77. The van der Waals surface area contributed by atoms with E-state index in [-0.39, 0.29) is 12.1 Å². The van der Waals surface area contributed by atoms with Crippen molar-refractivity contribution in [2.45, 2.75) is 142 Å². The molecule has 0 amide bonds. The van der Waals surface area contributed by atoms with E-state index in [2.05, 4.69) is 13.8 Å². The Morgan fingerprint density at radius 1 is 0.821 bits per heavy atom. The van der Waals surface area contributed by atoms with E-state index in [0.717, 1.165) is 31.1 Å². The van der Waals surface area contributed by atoms with Gasteiger partial charge in [-0.3, -0.25) is 4.79 Å². The number of esters is 1. The van der Waals surface area contributed by atoms with Gasteiger partial charge >= 0.3 is 5.97 Å². The highest BCUT2D eigenvalue weighted by Gasteiger charge is 2.22. The van der Waals surface area contributed by atoms with Gasteiger partial charge in [-0.25, -0.2) is 0 Å². The summed E-state index contributed by atoms with van der Waals surface area (Å²) in [6.07, 6.45) is 24.9. The number of hydrogen-bond acceptors (Lipinski definition) is 2. The van der Waals surface area contributed by atoms with Crippen LogP contribution in [0, 0.1) is 17.8 Å². The summed E-state index contributed by atoms with van der Waals surface area (Å²) in [5.74, 6) is 2.69. The number of ether oxygens (including phenoxy) is 1. The molecule has 2 aliphatic rings. The lowest BCUT2D eigenvalue weighted by Gasteiger charge is -2.29. The maximum Gasteiger partial charge on any atom is 0.306 e. The molecule has 0 aliphatic heterocycles. The van der Waals surface area contributed by atoms with Crippen LogP contribution in [0.1, 0.15) is 136 Å². The minimum Gasteiger partial charge on any atom is -0.462 e. The quantitative estimate of drug-likeness (QED) is 0.233. The summed E-state index contributed by atoms with van der Waals surface area (Å²) in [5, 5.41) is 0. The highest BCUT2D eigenvalue weighted by molar-refractivity contribution is 5.69. The third-order valence-corrected chi connectivity index (χ3v) is 7.44. The van der Waals surface area contributed by atoms with Gasteiger partial charge in [0, 0.05) is 6.42 Å². The molecule has 0 aromatic heterocycles. The lowest BCUT2D eigenvalue weighted by Crippen LogP contribution is -2.21. The molecular formula is C26H48O2. The smallest absolute Gasteiger partial charge is 0.306 e. The van der Waals surface area contributed by atoms with Gasteiger partial charge in [0.05, 0.1) is 0 Å². The average molecular weight is 393 g/mol. The summed E-state index contributed by atoms with van der Waals surface area (Å²) in [5.41, 5.74) is 0. The van der Waals surface area contributed by atoms with Crippen molar-refractivity contribution in [3.05, 3.63) is 0 Å². The fourth-order valence-electron chi connectivity index (χ4n) is 5.30. The predicted octanol–water partition coefficient (Wildman–Crippen LogP) is 8.23. The SMILES string of the molecule is CCCCCCCC1CCC(CCC(C)CCC(=O)OC2CCCCC2)CC1. The first-order valence-electron chi connectivity index (χ1n) is 12.9. The van der Waals surface area contributed by atoms with Crippen LogP contribution in [0.4, 0.5) is 0 Å². The Labute approximate surface area is 175 Å². The van der Waals surface area contributed by atoms with Crippen LogP contribution in [0.5, 0.6) is 0 Å². The van der Waals surface area contributed by atoms with Gasteiger partial charge in [0.15, 0.2) is 0 Å². The van der Waals surface area contributed by atoms with Crippen molar-refractivity contribution in [3.8, 4) is 0 Å². The molecule has 0 aromatic carbocycles. The maximum atomic E-state index is 12.1. The molecule has 2 rings (SSSR count). The predicted molar refractivity (Wildman–Crippen MR) is 119 cm³/mol. The van der Waals surface area contributed by atoms with Crippen LogP contribution in [0.3, 0.4) is 0 Å². The molecule has 2 fully saturated rings. The molecule has 164 valence electrons. The van der Waals surface area contributed by atoms with Crippen LogP contribution in [-0.2, 0) is 9.53 Å². The highest BCUT2D eigenvalue weighted by Crippen LogP contribution is 2.35. The van der Waals surface area contributed by atoms with Crippen molar-refractivity contribution in [2.24, 2.45) is 17.8 Å². The van der Waals surface area contributed by atoms with Crippen molar-refractivity contribution < 1.29 is 9.53 Å². The van der Waals surface area contributed by atoms with E-state index >= 15 is 0 Å². The lowest BCUT2D eigenvalue weighted by molar-refractivity contribution is -0.150. The molecule has 1 atom stereocenters. The van der Waals surface area contributed by atoms with E-state index in [1.54, 1.807) is 0 Å². The minimum atomic E-state index is 0.0539. The van der Waals surface area contributed by atoms with Gasteiger partial charge in [0.25, 0.3) is 0 Å². The van der Waals surface area contributed by atoms with Crippen LogP contribution in [0.25, 0.3) is 0 Å². The van der Waals surface area contributed by atoms with Crippen molar-refractivity contribution in [1.29, 1.82) is 0 Å². The number of carbonyl (C=O) groups is 1. The molecule has 0 bridgehead atoms. The van der Waals surface area contributed by atoms with Gasteiger partial charge in [0.2, 0.25) is 0 Å². The largest absolute Gasteiger partial charge is 0.462 e. The Morgan fingerprint density at radius 3 is 2.14 bits per heavy atom. The van der Waals surface area contributed by atoms with Crippen molar-refractivity contribution in [1.82, 2.24) is 0 Å². The summed E-state index contributed by atoms with van der Waals surface area (Å²) in [6.45, 7) is 4.63. The molecule has 0 aromatic rings. The zero-order valence-corrected chi connectivity index (χ0v) is 19.1. The topological polar surface area (TPSA) is 26.3 Å². The molecule has 0 saturated heterocycles. The molecule has 2 nitrogen and oxygen atoms in total. The highest BCUT2D eigenvalue weighted by atomic mass is 16.5. The summed E-state index contributed by atoms with van der Waals surface area (Å²) in [4.78, 5) is 12.1. The third-order valence-electron chi connectivity index (χ3n) is 7.44. The van der Waals surface area contributed by atoms with E-state index in [4.69, 9.17) is 4.74 Å². The molecule has 0 radical (unpaired) electrons. The van der Waals surface area contributed by atoms with Gasteiger partial charge in [0.1, 0.15) is 6.10 Å². The first kappa shape index (κ1) is 23.7. The molecule has 28 heavy (non-hydrogen) atoms. The normalized spacial score (nSPS) is 24.8. The zero-order valence-electron chi connectivity index (χ0n) is 19.1. The average Bonchev–Trinajstić information content (AvgIpc) is 2.72. The summed E-state index contributed by atoms with van der Waals surface area (Å²) in [7, 11) is 0. The number of hydrogen-bond donors (Lipinski definition) is 0. The molecule has 0 N–H and O–H groups in total. The van der Waals surface area contributed by atoms with Gasteiger partial charge in [-0.15, -0.1) is 0 Å². The summed E-state index contributed by atoms with van der Waals surface area (Å²) in [6, 6.07) is 0. The molecule has 2 saturated carbocycles. The Kier molecular flexibility index (Phi) is 12.3. The molecule has 2 aliphatic carbocycles. The maximum absolute atomic E-state index is 12.1. The van der Waals surface area contributed by atoms with Gasteiger partial charge in [-0.2, -0.15) is 0 Å². The molecule has 0 heterocycles. The second-order valence-electron chi connectivity index (χ2n) is 10.1. The van der Waals surface area contributed by atoms with E-state index < -0.39 is 0 Å². The van der Waals surface area contributed by atoms with Crippen LogP contribution in [0.2, 0.25) is 0 Å². The standard InChI is InChI=1S/C26H48O2/c1-3-4-5-6-8-11-23-17-19-24(20-18-23)16-14-22(2)15-21-26(27)28-25-12-9-7-10-13-25/h22-25H,3-21H2,1-2H3. The Morgan fingerprint density at radius 2 is 1.46 bits per heavy atom. The molecular weight excluding hydrogens is 344 g/mol. The molecule has 2 heteroatoms. The fraction of sp³-hybridized carbons (Fsp3) is 0.962. The first-order chi connectivity index (χ1) is 13.7. The first-order valence-corrected chi connectivity index (χ1v) is 12.9. The van der Waals surface area contributed by atoms with Crippen molar-refractivity contribution in [3.63, 3.8) is 0 Å². The number of unbranched alkanes of at least 4 members (excludes halogenated alkanes) is 4. The Bertz CT molecular complexity index is 391. The van der Waals surface area contributed by atoms with Gasteiger partial charge < -0.3 is 4.74 Å². The van der Waals surface area contributed by atoms with Gasteiger partial charge in [-0.1, -0.05) is 97.3 Å². The van der Waals surface area contributed by atoms with Crippen LogP contribution in [-0.4, -0.2) is 12.1 Å². The second-order valence-corrected chi connectivity index (χ2v) is 10.1. The van der Waals surface area contributed by atoms with Crippen LogP contribution in [0.15, 0.2) is 0 Å². The van der Waals surface area contributed by atoms with Crippen LogP contribution >= 0.6 is 0 Å². The van der Waals surface area contributed by atoms with E-state index in [9.17, 15) is 4.79 Å². The molecule has 1 unspecified atom stereocenters. The summed E-state index contributed by atoms with van der Waals surface area (Å²) >= 11 is 0. The second kappa shape index (κ2) is 14.5. The van der Waals surface area contributed by atoms with E-state index in [1.165, 1.54) is 96.3 Å². The van der Waals surface area contributed by atoms with Crippen molar-refractivity contribution >= 4 is 5.97 Å². The Balaban J connectivity index is 1.46. The van der Waals surface area contributed by atoms with Gasteiger partial charge in [-0.05, 0) is 49.9 Å². The molecule has 0 spiro atoms. The van der Waals surface area contributed by atoms with Crippen molar-refractivity contribution in [2.75, 3.05) is 0 Å². The van der Waals surface area contributed by atoms with Crippen LogP contribution < -0.4 is 0 Å². The minimum absolute atomic E-state index is 0.0539. The summed E-state index contributed by atoms with van der Waals surface area (Å²) < 4.78 is 5.66. The fourth-order valence-corrected chi connectivity index (χ4v) is 5.30. The van der Waals surface area contributed by atoms with E-state index in [0.29, 0.717) is 12.3 Å². The third kappa shape index (κ3) is 10.3. The Hall–Kier alpha value is -0.530. The number of carbonyl (C=O) groups excluding carboxylic acids is 1. The number of rotatable bonds is 13. The monoisotopic (exact) mass is 392 g/mol. The zero-order chi connectivity index (χ0) is 20.0. The van der Waals surface area contributed by atoms with E-state index in [1.807, 2.05) is 0 Å².